The average molecular weight is 290 g/mol. The van der Waals surface area contributed by atoms with Crippen molar-refractivity contribution < 1.29 is 0 Å². The highest BCUT2D eigenvalue weighted by molar-refractivity contribution is 6.30. The number of benzene rings is 1. The van der Waals surface area contributed by atoms with Crippen LogP contribution in [0.5, 0.6) is 0 Å². The first-order valence-corrected chi connectivity index (χ1v) is 7.62. The van der Waals surface area contributed by atoms with E-state index in [4.69, 9.17) is 22.3 Å². The molecule has 1 aliphatic rings. The van der Waals surface area contributed by atoms with E-state index in [9.17, 15) is 0 Å². The molecule has 2 N–H and O–H groups in total. The van der Waals surface area contributed by atoms with Gasteiger partial charge in [0.2, 0.25) is 0 Å². The summed E-state index contributed by atoms with van der Waals surface area (Å²) in [5, 5.41) is 0.732. The van der Waals surface area contributed by atoms with Gasteiger partial charge in [-0.1, -0.05) is 43.0 Å². The van der Waals surface area contributed by atoms with Gasteiger partial charge in [-0.3, -0.25) is 0 Å². The van der Waals surface area contributed by atoms with Crippen molar-refractivity contribution in [3.63, 3.8) is 0 Å². The summed E-state index contributed by atoms with van der Waals surface area (Å²) in [6, 6.07) is 7.72. The summed E-state index contributed by atoms with van der Waals surface area (Å²) in [6.07, 6.45) is 6.40. The van der Waals surface area contributed by atoms with Crippen molar-refractivity contribution in [2.24, 2.45) is 7.05 Å². The van der Waals surface area contributed by atoms with Gasteiger partial charge in [0.25, 0.3) is 0 Å². The van der Waals surface area contributed by atoms with Crippen molar-refractivity contribution in [1.29, 1.82) is 0 Å². The Morgan fingerprint density at radius 3 is 2.45 bits per heavy atom. The van der Waals surface area contributed by atoms with Gasteiger partial charge in [0.1, 0.15) is 17.3 Å². The second-order valence-corrected chi connectivity index (χ2v) is 6.04. The van der Waals surface area contributed by atoms with Crippen LogP contribution in [0.4, 0.5) is 5.82 Å². The van der Waals surface area contributed by atoms with Crippen LogP contribution in [0.15, 0.2) is 24.3 Å². The molecule has 0 saturated heterocycles. The van der Waals surface area contributed by atoms with Gasteiger partial charge in [-0.25, -0.2) is 4.98 Å². The third-order valence-corrected chi connectivity index (χ3v) is 4.51. The SMILES string of the molecule is Cn1c(C2CCCCC2)nc(-c2ccc(Cl)cc2)c1N. The van der Waals surface area contributed by atoms with Crippen molar-refractivity contribution in [3.8, 4) is 11.3 Å². The number of nitrogens with two attached hydrogens (primary N) is 1. The first-order chi connectivity index (χ1) is 9.66. The van der Waals surface area contributed by atoms with Crippen molar-refractivity contribution in [1.82, 2.24) is 9.55 Å². The summed E-state index contributed by atoms with van der Waals surface area (Å²) >= 11 is 5.94. The van der Waals surface area contributed by atoms with E-state index < -0.39 is 0 Å². The predicted molar refractivity (Wildman–Crippen MR) is 83.9 cm³/mol. The van der Waals surface area contributed by atoms with E-state index in [1.807, 2.05) is 31.3 Å². The minimum absolute atomic E-state index is 0.553. The van der Waals surface area contributed by atoms with E-state index in [1.54, 1.807) is 0 Å². The second-order valence-electron chi connectivity index (χ2n) is 5.60. The maximum atomic E-state index is 6.25. The van der Waals surface area contributed by atoms with Crippen LogP contribution in [0.2, 0.25) is 5.02 Å². The molecule has 1 saturated carbocycles. The van der Waals surface area contributed by atoms with Crippen LogP contribution in [0.3, 0.4) is 0 Å². The van der Waals surface area contributed by atoms with Crippen LogP contribution < -0.4 is 5.73 Å². The van der Waals surface area contributed by atoms with E-state index in [0.717, 1.165) is 27.9 Å². The summed E-state index contributed by atoms with van der Waals surface area (Å²) in [5.41, 5.74) is 8.16. The van der Waals surface area contributed by atoms with Gasteiger partial charge in [0.05, 0.1) is 0 Å². The Hall–Kier alpha value is -1.48. The van der Waals surface area contributed by atoms with Gasteiger partial charge in [0.15, 0.2) is 0 Å². The van der Waals surface area contributed by atoms with Crippen molar-refractivity contribution in [3.05, 3.63) is 35.1 Å². The number of aromatic nitrogens is 2. The summed E-state index contributed by atoms with van der Waals surface area (Å²) in [6.45, 7) is 0. The highest BCUT2D eigenvalue weighted by Crippen LogP contribution is 2.35. The van der Waals surface area contributed by atoms with Crippen LogP contribution in [-0.2, 0) is 7.05 Å². The van der Waals surface area contributed by atoms with Crippen LogP contribution >= 0.6 is 11.6 Å². The maximum absolute atomic E-state index is 6.25. The number of nitrogen functional groups attached to an aromatic ring is 1. The Morgan fingerprint density at radius 1 is 1.15 bits per heavy atom. The van der Waals surface area contributed by atoms with Gasteiger partial charge < -0.3 is 10.3 Å². The molecule has 106 valence electrons. The number of halogens is 1. The van der Waals surface area contributed by atoms with E-state index in [-0.39, 0.29) is 0 Å². The number of anilines is 1. The molecule has 1 aliphatic carbocycles. The minimum atomic E-state index is 0.553. The van der Waals surface area contributed by atoms with Gasteiger partial charge in [-0.2, -0.15) is 0 Å². The molecule has 1 fully saturated rings. The first kappa shape index (κ1) is 13.5. The van der Waals surface area contributed by atoms with Crippen LogP contribution in [0.1, 0.15) is 43.8 Å². The van der Waals surface area contributed by atoms with Crippen molar-refractivity contribution in [2.75, 3.05) is 5.73 Å². The zero-order valence-corrected chi connectivity index (χ0v) is 12.5. The molecule has 20 heavy (non-hydrogen) atoms. The average Bonchev–Trinajstić information content (AvgIpc) is 2.77. The lowest BCUT2D eigenvalue weighted by atomic mass is 9.89. The van der Waals surface area contributed by atoms with Crippen LogP contribution in [-0.4, -0.2) is 9.55 Å². The Balaban J connectivity index is 1.98. The highest BCUT2D eigenvalue weighted by atomic mass is 35.5. The molecule has 2 aromatic rings. The largest absolute Gasteiger partial charge is 0.383 e. The number of imidazole rings is 1. The van der Waals surface area contributed by atoms with E-state index in [1.165, 1.54) is 32.1 Å². The Morgan fingerprint density at radius 2 is 1.80 bits per heavy atom. The molecule has 0 spiro atoms. The third kappa shape index (κ3) is 2.42. The molecular weight excluding hydrogens is 270 g/mol. The number of rotatable bonds is 2. The third-order valence-electron chi connectivity index (χ3n) is 4.26. The summed E-state index contributed by atoms with van der Waals surface area (Å²) in [4.78, 5) is 4.83. The standard InChI is InChI=1S/C16H20ClN3/c1-20-15(18)14(11-7-9-13(17)10-8-11)19-16(20)12-5-3-2-4-6-12/h7-10,12H,2-6,18H2,1H3. The predicted octanol–water partition coefficient (Wildman–Crippen LogP) is 4.37. The molecule has 0 amide bonds. The van der Waals surface area contributed by atoms with E-state index in [0.29, 0.717) is 5.92 Å². The van der Waals surface area contributed by atoms with E-state index >= 15 is 0 Å². The molecule has 3 rings (SSSR count). The van der Waals surface area contributed by atoms with Crippen molar-refractivity contribution in [2.45, 2.75) is 38.0 Å². The molecule has 1 aromatic heterocycles. The lowest BCUT2D eigenvalue weighted by molar-refractivity contribution is 0.422. The zero-order chi connectivity index (χ0) is 14.1. The zero-order valence-electron chi connectivity index (χ0n) is 11.8. The molecule has 1 heterocycles. The summed E-state index contributed by atoms with van der Waals surface area (Å²) in [5.74, 6) is 2.43. The van der Waals surface area contributed by atoms with Gasteiger partial charge in [-0.15, -0.1) is 0 Å². The Labute approximate surface area is 124 Å². The quantitative estimate of drug-likeness (QED) is 0.892. The molecule has 1 aromatic carbocycles. The molecular formula is C16H20ClN3. The van der Waals surface area contributed by atoms with Gasteiger partial charge in [0, 0.05) is 23.6 Å². The topological polar surface area (TPSA) is 43.8 Å². The highest BCUT2D eigenvalue weighted by Gasteiger charge is 2.23. The fourth-order valence-corrected chi connectivity index (χ4v) is 3.20. The number of hydrogen-bond acceptors (Lipinski definition) is 2. The minimum Gasteiger partial charge on any atom is -0.383 e. The number of nitrogens with zero attached hydrogens (tertiary/aromatic N) is 2. The lowest BCUT2D eigenvalue weighted by Crippen LogP contribution is -2.11. The fraction of sp³-hybridized carbons (Fsp3) is 0.438. The Kier molecular flexibility index (Phi) is 3.70. The van der Waals surface area contributed by atoms with Crippen molar-refractivity contribution >= 4 is 17.4 Å². The lowest BCUT2D eigenvalue weighted by Gasteiger charge is -2.21. The summed E-state index contributed by atoms with van der Waals surface area (Å²) in [7, 11) is 2.02. The fourth-order valence-electron chi connectivity index (χ4n) is 3.08. The smallest absolute Gasteiger partial charge is 0.131 e. The first-order valence-electron chi connectivity index (χ1n) is 7.25. The van der Waals surface area contributed by atoms with E-state index in [2.05, 4.69) is 4.57 Å². The molecule has 0 atom stereocenters. The maximum Gasteiger partial charge on any atom is 0.131 e. The summed E-state index contributed by atoms with van der Waals surface area (Å²) < 4.78 is 2.06. The van der Waals surface area contributed by atoms with Crippen LogP contribution in [0.25, 0.3) is 11.3 Å². The number of hydrogen-bond donors (Lipinski definition) is 1. The molecule has 0 bridgehead atoms. The second kappa shape index (κ2) is 5.49. The molecule has 0 aliphatic heterocycles. The monoisotopic (exact) mass is 289 g/mol. The normalized spacial score (nSPS) is 16.5. The van der Waals surface area contributed by atoms with Gasteiger partial charge >= 0.3 is 0 Å². The molecule has 3 nitrogen and oxygen atoms in total. The molecule has 0 unspecified atom stereocenters. The molecule has 0 radical (unpaired) electrons. The van der Waals surface area contributed by atoms with Crippen LogP contribution in [0, 0.1) is 0 Å². The Bertz CT molecular complexity index is 595. The van der Waals surface area contributed by atoms with Gasteiger partial charge in [-0.05, 0) is 25.0 Å². The molecule has 4 heteroatoms.